The van der Waals surface area contributed by atoms with Crippen molar-refractivity contribution >= 4 is 11.9 Å². The first-order valence-corrected chi connectivity index (χ1v) is 6.43. The van der Waals surface area contributed by atoms with E-state index < -0.39 is 0 Å². The van der Waals surface area contributed by atoms with Gasteiger partial charge in [-0.1, -0.05) is 18.2 Å². The molecule has 3 nitrogen and oxygen atoms in total. The van der Waals surface area contributed by atoms with Crippen LogP contribution in [0.1, 0.15) is 18.4 Å². The summed E-state index contributed by atoms with van der Waals surface area (Å²) in [5, 5.41) is 0. The molecule has 0 N–H and O–H groups in total. The van der Waals surface area contributed by atoms with E-state index in [9.17, 15) is 4.79 Å². The second-order valence-electron chi connectivity index (χ2n) is 4.90. The van der Waals surface area contributed by atoms with Gasteiger partial charge in [0, 0.05) is 24.6 Å². The molecule has 0 amide bonds. The molecule has 4 rings (SSSR count). The first-order chi connectivity index (χ1) is 8.79. The van der Waals surface area contributed by atoms with Crippen molar-refractivity contribution in [2.45, 2.75) is 12.8 Å². The number of ether oxygens (including phenoxy) is 1. The van der Waals surface area contributed by atoms with Crippen molar-refractivity contribution in [3.63, 3.8) is 0 Å². The second-order valence-corrected chi connectivity index (χ2v) is 4.90. The van der Waals surface area contributed by atoms with E-state index in [1.165, 1.54) is 0 Å². The lowest BCUT2D eigenvalue weighted by molar-refractivity contribution is -0.125. The summed E-state index contributed by atoms with van der Waals surface area (Å²) >= 11 is 0. The molecule has 0 aromatic heterocycles. The van der Waals surface area contributed by atoms with Gasteiger partial charge < -0.3 is 9.64 Å². The number of piperidine rings is 3. The van der Waals surface area contributed by atoms with E-state index >= 15 is 0 Å². The quantitative estimate of drug-likeness (QED) is 0.747. The van der Waals surface area contributed by atoms with E-state index in [1.54, 1.807) is 7.11 Å². The Morgan fingerprint density at radius 2 is 2.00 bits per heavy atom. The lowest BCUT2D eigenvalue weighted by Crippen LogP contribution is -2.45. The Morgan fingerprint density at radius 3 is 2.67 bits per heavy atom. The maximum absolute atomic E-state index is 12.2. The Kier molecular flexibility index (Phi) is 2.82. The van der Waals surface area contributed by atoms with Crippen molar-refractivity contribution in [3.8, 4) is 5.75 Å². The third kappa shape index (κ3) is 1.80. The molecule has 3 fully saturated rings. The van der Waals surface area contributed by atoms with Crippen LogP contribution in [0.3, 0.4) is 0 Å². The topological polar surface area (TPSA) is 29.5 Å². The van der Waals surface area contributed by atoms with Gasteiger partial charge in [-0.15, -0.1) is 0 Å². The molecule has 0 spiro atoms. The Labute approximate surface area is 107 Å². The summed E-state index contributed by atoms with van der Waals surface area (Å²) in [5.41, 5.74) is 1.85. The van der Waals surface area contributed by atoms with E-state index in [4.69, 9.17) is 4.74 Å². The molecule has 3 aliphatic rings. The van der Waals surface area contributed by atoms with Gasteiger partial charge in [-0.3, -0.25) is 4.79 Å². The van der Waals surface area contributed by atoms with Gasteiger partial charge in [-0.05, 0) is 25.0 Å². The summed E-state index contributed by atoms with van der Waals surface area (Å²) in [6, 6.07) is 7.82. The van der Waals surface area contributed by atoms with Gasteiger partial charge in [-0.2, -0.15) is 0 Å². The molecule has 18 heavy (non-hydrogen) atoms. The number of hydrogen-bond acceptors (Lipinski definition) is 3. The number of allylic oxidation sites excluding steroid dienone is 1. The highest BCUT2D eigenvalue weighted by molar-refractivity contribution is 6.02. The molecule has 0 saturated carbocycles. The first-order valence-electron chi connectivity index (χ1n) is 6.43. The number of para-hydroxylation sites is 1. The third-order valence-corrected chi connectivity index (χ3v) is 3.89. The predicted molar refractivity (Wildman–Crippen MR) is 70.3 cm³/mol. The number of carbonyl (C=O) groups is 1. The maximum Gasteiger partial charge on any atom is 0.182 e. The Balaban J connectivity index is 1.98. The van der Waals surface area contributed by atoms with Crippen LogP contribution in [-0.2, 0) is 4.79 Å². The molecule has 1 aromatic carbocycles. The van der Waals surface area contributed by atoms with E-state index in [2.05, 4.69) is 4.90 Å². The number of methoxy groups -OCH3 is 1. The summed E-state index contributed by atoms with van der Waals surface area (Å²) < 4.78 is 5.33. The molecule has 0 radical (unpaired) electrons. The fourth-order valence-corrected chi connectivity index (χ4v) is 2.84. The minimum absolute atomic E-state index is 0.246. The molecule has 0 aliphatic carbocycles. The third-order valence-electron chi connectivity index (χ3n) is 3.89. The smallest absolute Gasteiger partial charge is 0.182 e. The number of rotatable bonds is 2. The molecule has 0 unspecified atom stereocenters. The van der Waals surface area contributed by atoms with Gasteiger partial charge in [0.2, 0.25) is 0 Å². The monoisotopic (exact) mass is 243 g/mol. The van der Waals surface area contributed by atoms with Gasteiger partial charge in [0.1, 0.15) is 5.75 Å². The molecule has 0 atom stereocenters. The lowest BCUT2D eigenvalue weighted by Gasteiger charge is -2.41. The molecule has 94 valence electrons. The van der Waals surface area contributed by atoms with Gasteiger partial charge in [0.15, 0.2) is 5.78 Å². The molecule has 3 saturated heterocycles. The Morgan fingerprint density at radius 1 is 1.28 bits per heavy atom. The van der Waals surface area contributed by atoms with Crippen LogP contribution in [0.5, 0.6) is 5.75 Å². The zero-order chi connectivity index (χ0) is 12.5. The van der Waals surface area contributed by atoms with Crippen LogP contribution in [0.25, 0.3) is 6.08 Å². The van der Waals surface area contributed by atoms with Crippen molar-refractivity contribution in [1.82, 2.24) is 4.90 Å². The molecule has 3 heteroatoms. The highest BCUT2D eigenvalue weighted by Crippen LogP contribution is 2.33. The van der Waals surface area contributed by atoms with Crippen LogP contribution < -0.4 is 4.74 Å². The largest absolute Gasteiger partial charge is 0.496 e. The van der Waals surface area contributed by atoms with Crippen LogP contribution in [0, 0.1) is 5.92 Å². The fourth-order valence-electron chi connectivity index (χ4n) is 2.84. The molecule has 3 heterocycles. The Bertz CT molecular complexity index is 499. The predicted octanol–water partition coefficient (Wildman–Crippen LogP) is 2.33. The summed E-state index contributed by atoms with van der Waals surface area (Å²) in [7, 11) is 1.66. The average molecular weight is 243 g/mol. The minimum Gasteiger partial charge on any atom is -0.496 e. The maximum atomic E-state index is 12.2. The van der Waals surface area contributed by atoms with Crippen molar-refractivity contribution in [1.29, 1.82) is 0 Å². The van der Waals surface area contributed by atoms with Gasteiger partial charge in [0.25, 0.3) is 0 Å². The molecule has 3 aliphatic heterocycles. The highest BCUT2D eigenvalue weighted by atomic mass is 16.5. The van der Waals surface area contributed by atoms with Gasteiger partial charge >= 0.3 is 0 Å². The van der Waals surface area contributed by atoms with Crippen LogP contribution in [0.2, 0.25) is 0 Å². The minimum atomic E-state index is 0.246. The molecular weight excluding hydrogens is 226 g/mol. The standard InChI is InChI=1S/C15H17NO2/c1-18-14-5-3-2-4-12(14)10-13-15(17)11-6-8-16(13)9-7-11/h2-5,10-11H,6-9H2,1H3. The first kappa shape index (κ1) is 11.3. The lowest BCUT2D eigenvalue weighted by atomic mass is 9.84. The summed E-state index contributed by atoms with van der Waals surface area (Å²) in [4.78, 5) is 14.4. The second kappa shape index (κ2) is 4.48. The van der Waals surface area contributed by atoms with Crippen molar-refractivity contribution in [2.75, 3.05) is 20.2 Å². The van der Waals surface area contributed by atoms with Crippen LogP contribution in [0.15, 0.2) is 30.0 Å². The van der Waals surface area contributed by atoms with Gasteiger partial charge in [0.05, 0.1) is 12.8 Å². The number of benzene rings is 1. The summed E-state index contributed by atoms with van der Waals surface area (Å²) in [6.07, 6.45) is 4.01. The van der Waals surface area contributed by atoms with E-state index in [0.29, 0.717) is 5.78 Å². The molecule has 1 aromatic rings. The highest BCUT2D eigenvalue weighted by Gasteiger charge is 2.36. The zero-order valence-electron chi connectivity index (χ0n) is 10.6. The van der Waals surface area contributed by atoms with E-state index in [1.807, 2.05) is 30.3 Å². The van der Waals surface area contributed by atoms with Crippen LogP contribution in [-0.4, -0.2) is 30.9 Å². The molecule has 2 bridgehead atoms. The Hall–Kier alpha value is -1.77. The summed E-state index contributed by atoms with van der Waals surface area (Å²) in [5.74, 6) is 1.37. The molecular formula is C15H17NO2. The SMILES string of the molecule is COc1ccccc1C=C1C(=O)C2CCN1CC2. The van der Waals surface area contributed by atoms with Crippen molar-refractivity contribution in [3.05, 3.63) is 35.5 Å². The van der Waals surface area contributed by atoms with Crippen LogP contribution in [0.4, 0.5) is 0 Å². The average Bonchev–Trinajstić information content (AvgIpc) is 2.44. The fraction of sp³-hybridized carbons (Fsp3) is 0.400. The van der Waals surface area contributed by atoms with Crippen molar-refractivity contribution in [2.24, 2.45) is 5.92 Å². The van der Waals surface area contributed by atoms with Gasteiger partial charge in [-0.25, -0.2) is 0 Å². The van der Waals surface area contributed by atoms with E-state index in [-0.39, 0.29) is 5.92 Å². The summed E-state index contributed by atoms with van der Waals surface area (Å²) in [6.45, 7) is 2.02. The van der Waals surface area contributed by atoms with E-state index in [0.717, 1.165) is 42.9 Å². The normalized spacial score (nSPS) is 21.7. The number of Topliss-reactive ketones (excluding diaryl/α,β-unsaturated/α-hetero) is 1. The number of ketones is 1. The number of hydrogen-bond donors (Lipinski definition) is 0. The van der Waals surface area contributed by atoms with Crippen LogP contribution >= 0.6 is 0 Å². The zero-order valence-corrected chi connectivity index (χ0v) is 10.6. The number of nitrogens with zero attached hydrogens (tertiary/aromatic N) is 1. The number of fused-ring (bicyclic) bond motifs is 3. The number of carbonyl (C=O) groups excluding carboxylic acids is 1. The van der Waals surface area contributed by atoms with Crippen molar-refractivity contribution < 1.29 is 9.53 Å².